The number of carbonyl (C=O) groups excluding carboxylic acids is 2. The minimum Gasteiger partial charge on any atom is -0.493 e. The van der Waals surface area contributed by atoms with Gasteiger partial charge in [0.2, 0.25) is 11.8 Å². The zero-order valence-electron chi connectivity index (χ0n) is 17.8. The zero-order chi connectivity index (χ0) is 22.2. The highest BCUT2D eigenvalue weighted by molar-refractivity contribution is 6.11. The lowest BCUT2D eigenvalue weighted by Crippen LogP contribution is -2.42. The molecule has 1 fully saturated rings. The molecule has 1 unspecified atom stereocenters. The van der Waals surface area contributed by atoms with Crippen molar-refractivity contribution >= 4 is 17.5 Å². The van der Waals surface area contributed by atoms with E-state index in [1.165, 1.54) is 6.26 Å². The van der Waals surface area contributed by atoms with Gasteiger partial charge in [-0.15, -0.1) is 0 Å². The molecule has 4 heterocycles. The van der Waals surface area contributed by atoms with Gasteiger partial charge >= 0.3 is 0 Å². The summed E-state index contributed by atoms with van der Waals surface area (Å²) in [4.78, 5) is 32.4. The van der Waals surface area contributed by atoms with Gasteiger partial charge < -0.3 is 24.1 Å². The third-order valence-corrected chi connectivity index (χ3v) is 6.95. The minimum atomic E-state index is -0.914. The van der Waals surface area contributed by atoms with Crippen LogP contribution in [0.4, 0.5) is 5.69 Å². The summed E-state index contributed by atoms with van der Waals surface area (Å²) in [6.07, 6.45) is 4.17. The fraction of sp³-hybridized carbons (Fsp3) is 0.320. The van der Waals surface area contributed by atoms with E-state index in [1.807, 2.05) is 30.3 Å². The number of para-hydroxylation sites is 1. The van der Waals surface area contributed by atoms with E-state index in [0.29, 0.717) is 18.2 Å². The lowest BCUT2D eigenvalue weighted by atomic mass is 9.76. The number of benzene rings is 2. The molecule has 1 saturated carbocycles. The number of amides is 2. The lowest BCUT2D eigenvalue weighted by molar-refractivity contribution is -0.122. The van der Waals surface area contributed by atoms with Crippen molar-refractivity contribution in [1.29, 1.82) is 0 Å². The van der Waals surface area contributed by atoms with E-state index in [1.54, 1.807) is 4.90 Å². The SMILES string of the molecule is O=C(NC1CC1)c1coc(CN2C(=O)C3(COc4cc5c(cc43)CCO5)c3ccccc32)n1. The summed E-state index contributed by atoms with van der Waals surface area (Å²) in [5.74, 6) is 1.52. The molecule has 166 valence electrons. The molecule has 8 heteroatoms. The summed E-state index contributed by atoms with van der Waals surface area (Å²) in [5, 5.41) is 2.90. The van der Waals surface area contributed by atoms with Crippen molar-refractivity contribution in [3.05, 3.63) is 70.9 Å². The third kappa shape index (κ3) is 2.66. The van der Waals surface area contributed by atoms with Crippen LogP contribution in [0.5, 0.6) is 11.5 Å². The Morgan fingerprint density at radius 1 is 1.15 bits per heavy atom. The molecule has 8 nitrogen and oxygen atoms in total. The molecule has 1 N–H and O–H groups in total. The topological polar surface area (TPSA) is 93.9 Å². The highest BCUT2D eigenvalue weighted by Gasteiger charge is 2.57. The number of oxazole rings is 1. The van der Waals surface area contributed by atoms with Crippen LogP contribution < -0.4 is 19.7 Å². The Labute approximate surface area is 189 Å². The number of nitrogens with one attached hydrogen (secondary N) is 1. The molecule has 2 amide bonds. The Hall–Kier alpha value is -3.81. The minimum absolute atomic E-state index is 0.0801. The van der Waals surface area contributed by atoms with Crippen LogP contribution >= 0.6 is 0 Å². The number of aromatic nitrogens is 1. The average Bonchev–Trinajstić information content (AvgIpc) is 3.19. The number of anilines is 1. The number of ether oxygens (including phenoxy) is 2. The lowest BCUT2D eigenvalue weighted by Gasteiger charge is -2.22. The Bertz CT molecular complexity index is 1330. The summed E-state index contributed by atoms with van der Waals surface area (Å²) in [5.41, 5.74) is 3.01. The second-order valence-electron chi connectivity index (χ2n) is 9.03. The van der Waals surface area contributed by atoms with Gasteiger partial charge in [0.05, 0.1) is 6.61 Å². The van der Waals surface area contributed by atoms with Crippen LogP contribution in [0.2, 0.25) is 0 Å². The zero-order valence-corrected chi connectivity index (χ0v) is 17.8. The predicted molar refractivity (Wildman–Crippen MR) is 117 cm³/mol. The maximum absolute atomic E-state index is 14.0. The molecule has 3 aliphatic heterocycles. The van der Waals surface area contributed by atoms with Crippen molar-refractivity contribution in [1.82, 2.24) is 10.3 Å². The molecule has 4 aliphatic rings. The number of rotatable bonds is 4. The van der Waals surface area contributed by atoms with Gasteiger partial charge in [0.1, 0.15) is 36.3 Å². The standard InChI is InChI=1S/C25H21N3O5/c29-23(26-15-5-6-15)18-12-32-22(27-18)11-28-19-4-2-1-3-16(19)25(24(28)30)13-33-21-10-20-14(7-8-31-20)9-17(21)25/h1-4,9-10,12,15H,5-8,11,13H2,(H,26,29). The number of hydrogen-bond acceptors (Lipinski definition) is 6. The van der Waals surface area contributed by atoms with Crippen LogP contribution in [0.3, 0.4) is 0 Å². The van der Waals surface area contributed by atoms with Crippen molar-refractivity contribution in [2.45, 2.75) is 37.3 Å². The van der Waals surface area contributed by atoms with Gasteiger partial charge in [0, 0.05) is 29.8 Å². The molecule has 7 rings (SSSR count). The van der Waals surface area contributed by atoms with E-state index < -0.39 is 5.41 Å². The summed E-state index contributed by atoms with van der Waals surface area (Å²) in [6, 6.07) is 12.0. The third-order valence-electron chi connectivity index (χ3n) is 6.95. The van der Waals surface area contributed by atoms with Gasteiger partial charge in [-0.2, -0.15) is 0 Å². The smallest absolute Gasteiger partial charge is 0.273 e. The van der Waals surface area contributed by atoms with Crippen molar-refractivity contribution in [3.63, 3.8) is 0 Å². The van der Waals surface area contributed by atoms with E-state index in [0.717, 1.165) is 47.4 Å². The van der Waals surface area contributed by atoms with Crippen LogP contribution in [0.25, 0.3) is 0 Å². The fourth-order valence-electron chi connectivity index (χ4n) is 5.12. The molecular weight excluding hydrogens is 422 g/mol. The second kappa shape index (κ2) is 6.60. The Morgan fingerprint density at radius 2 is 2.03 bits per heavy atom. The van der Waals surface area contributed by atoms with Gasteiger partial charge in [-0.25, -0.2) is 4.98 Å². The maximum atomic E-state index is 14.0. The van der Waals surface area contributed by atoms with Gasteiger partial charge in [-0.1, -0.05) is 18.2 Å². The van der Waals surface area contributed by atoms with Crippen molar-refractivity contribution in [2.75, 3.05) is 18.1 Å². The first-order valence-corrected chi connectivity index (χ1v) is 11.2. The molecule has 33 heavy (non-hydrogen) atoms. The van der Waals surface area contributed by atoms with Crippen LogP contribution in [-0.4, -0.2) is 36.1 Å². The predicted octanol–water partition coefficient (Wildman–Crippen LogP) is 2.73. The van der Waals surface area contributed by atoms with E-state index >= 15 is 0 Å². The molecule has 0 bridgehead atoms. The van der Waals surface area contributed by atoms with Crippen LogP contribution in [-0.2, 0) is 23.2 Å². The molecule has 1 spiro atoms. The van der Waals surface area contributed by atoms with Gasteiger partial charge in [-0.3, -0.25) is 9.59 Å². The first-order valence-electron chi connectivity index (χ1n) is 11.2. The Morgan fingerprint density at radius 3 is 2.91 bits per heavy atom. The first-order chi connectivity index (χ1) is 16.1. The molecule has 1 aliphatic carbocycles. The number of carbonyl (C=O) groups is 2. The highest BCUT2D eigenvalue weighted by atomic mass is 16.5. The van der Waals surface area contributed by atoms with Crippen molar-refractivity contribution in [2.24, 2.45) is 0 Å². The van der Waals surface area contributed by atoms with Crippen molar-refractivity contribution in [3.8, 4) is 11.5 Å². The summed E-state index contributed by atoms with van der Waals surface area (Å²) in [6.45, 7) is 1.01. The number of nitrogens with zero attached hydrogens (tertiary/aromatic N) is 2. The van der Waals surface area contributed by atoms with Crippen LogP contribution in [0, 0.1) is 0 Å². The van der Waals surface area contributed by atoms with Crippen molar-refractivity contribution < 1.29 is 23.5 Å². The number of hydrogen-bond donors (Lipinski definition) is 1. The molecule has 1 aromatic heterocycles. The summed E-state index contributed by atoms with van der Waals surface area (Å²) >= 11 is 0. The van der Waals surface area contributed by atoms with Gasteiger partial charge in [0.15, 0.2) is 5.69 Å². The maximum Gasteiger partial charge on any atom is 0.273 e. The fourth-order valence-corrected chi connectivity index (χ4v) is 5.12. The molecule has 3 aromatic rings. The highest BCUT2D eigenvalue weighted by Crippen LogP contribution is 2.54. The molecule has 0 saturated heterocycles. The second-order valence-corrected chi connectivity index (χ2v) is 9.03. The molecular formula is C25H21N3O5. The van der Waals surface area contributed by atoms with Gasteiger partial charge in [-0.05, 0) is 36.1 Å². The monoisotopic (exact) mass is 443 g/mol. The molecule has 1 atom stereocenters. The quantitative estimate of drug-likeness (QED) is 0.667. The van der Waals surface area contributed by atoms with E-state index in [4.69, 9.17) is 13.9 Å². The van der Waals surface area contributed by atoms with E-state index in [9.17, 15) is 9.59 Å². The largest absolute Gasteiger partial charge is 0.493 e. The molecule has 2 aromatic carbocycles. The Balaban J connectivity index is 1.26. The van der Waals surface area contributed by atoms with E-state index in [2.05, 4.69) is 16.4 Å². The summed E-state index contributed by atoms with van der Waals surface area (Å²) < 4.78 is 17.3. The molecule has 0 radical (unpaired) electrons. The van der Waals surface area contributed by atoms with Gasteiger partial charge in [0.25, 0.3) is 5.91 Å². The van der Waals surface area contributed by atoms with E-state index in [-0.39, 0.29) is 36.7 Å². The Kier molecular flexibility index (Phi) is 3.75. The average molecular weight is 443 g/mol. The van der Waals surface area contributed by atoms with Crippen LogP contribution in [0.15, 0.2) is 47.1 Å². The van der Waals surface area contributed by atoms with Crippen LogP contribution in [0.1, 0.15) is 45.9 Å². The normalized spacial score (nSPS) is 22.1. The first kappa shape index (κ1) is 18.7. The number of fused-ring (bicyclic) bond motifs is 5. The summed E-state index contributed by atoms with van der Waals surface area (Å²) in [7, 11) is 0.